The quantitative estimate of drug-likeness (QED) is 0.847. The van der Waals surface area contributed by atoms with E-state index in [9.17, 15) is 4.79 Å². The molecule has 1 rings (SSSR count). The van der Waals surface area contributed by atoms with Crippen LogP contribution < -0.4 is 5.73 Å². The molecule has 0 saturated carbocycles. The fourth-order valence-corrected chi connectivity index (χ4v) is 1.46. The van der Waals surface area contributed by atoms with E-state index in [1.54, 1.807) is 30.0 Å². The number of amides is 1. The second-order valence-corrected chi connectivity index (χ2v) is 3.82. The minimum atomic E-state index is -0.194. The maximum atomic E-state index is 12.1. The number of nitrogen functional groups attached to an aromatic ring is 1. The first-order chi connectivity index (χ1) is 8.08. The van der Waals surface area contributed by atoms with E-state index in [-0.39, 0.29) is 11.8 Å². The molecule has 17 heavy (non-hydrogen) atoms. The second kappa shape index (κ2) is 5.85. The van der Waals surface area contributed by atoms with Crippen LogP contribution in [0.4, 0.5) is 5.82 Å². The molecule has 0 bridgehead atoms. The molecule has 0 aromatic carbocycles. The number of pyridine rings is 1. The lowest BCUT2D eigenvalue weighted by Crippen LogP contribution is -2.34. The summed E-state index contributed by atoms with van der Waals surface area (Å²) < 4.78 is 0. The van der Waals surface area contributed by atoms with Crippen LogP contribution in [0, 0.1) is 17.2 Å². The number of hydrogen-bond acceptors (Lipinski definition) is 4. The minimum absolute atomic E-state index is 0.193. The number of carbonyl (C=O) groups excluding carboxylic acids is 1. The first-order valence-electron chi connectivity index (χ1n) is 5.50. The Labute approximate surface area is 101 Å². The molecule has 0 radical (unpaired) electrons. The average Bonchev–Trinajstić information content (AvgIpc) is 2.34. The molecule has 1 aromatic heterocycles. The van der Waals surface area contributed by atoms with Crippen molar-refractivity contribution >= 4 is 11.7 Å². The Morgan fingerprint density at radius 3 is 2.88 bits per heavy atom. The molecule has 5 heteroatoms. The highest BCUT2D eigenvalue weighted by Gasteiger charge is 2.17. The normalized spacial score (nSPS) is 11.6. The Balaban J connectivity index is 2.83. The zero-order valence-corrected chi connectivity index (χ0v) is 10.1. The summed E-state index contributed by atoms with van der Waals surface area (Å²) in [4.78, 5) is 17.6. The van der Waals surface area contributed by atoms with Gasteiger partial charge in [-0.2, -0.15) is 5.26 Å². The molecule has 5 nitrogen and oxygen atoms in total. The van der Waals surface area contributed by atoms with Gasteiger partial charge in [-0.25, -0.2) is 4.98 Å². The predicted molar refractivity (Wildman–Crippen MR) is 65.0 cm³/mol. The van der Waals surface area contributed by atoms with Crippen LogP contribution >= 0.6 is 0 Å². The topological polar surface area (TPSA) is 83.0 Å². The Hall–Kier alpha value is -2.09. The third-order valence-corrected chi connectivity index (χ3v) is 2.37. The van der Waals surface area contributed by atoms with Crippen molar-refractivity contribution in [2.75, 3.05) is 18.8 Å². The van der Waals surface area contributed by atoms with Gasteiger partial charge in [-0.3, -0.25) is 4.79 Å². The van der Waals surface area contributed by atoms with Gasteiger partial charge in [-0.05, 0) is 26.0 Å². The van der Waals surface area contributed by atoms with E-state index in [0.717, 1.165) is 0 Å². The Kier molecular flexibility index (Phi) is 4.46. The second-order valence-electron chi connectivity index (χ2n) is 3.82. The Morgan fingerprint density at radius 2 is 2.35 bits per heavy atom. The van der Waals surface area contributed by atoms with E-state index in [2.05, 4.69) is 11.1 Å². The molecule has 0 spiro atoms. The summed E-state index contributed by atoms with van der Waals surface area (Å²) in [6.07, 6.45) is 0. The van der Waals surface area contributed by atoms with Crippen molar-refractivity contribution in [3.63, 3.8) is 0 Å². The van der Waals surface area contributed by atoms with Crippen molar-refractivity contribution in [1.29, 1.82) is 5.26 Å². The lowest BCUT2D eigenvalue weighted by molar-refractivity contribution is 0.0747. The SMILES string of the molecule is CCN(CC(C)C#N)C(=O)c1cccc(N)n1. The molecule has 0 fully saturated rings. The van der Waals surface area contributed by atoms with Gasteiger partial charge in [0.2, 0.25) is 0 Å². The average molecular weight is 232 g/mol. The minimum Gasteiger partial charge on any atom is -0.384 e. The van der Waals surface area contributed by atoms with E-state index >= 15 is 0 Å². The summed E-state index contributed by atoms with van der Waals surface area (Å²) in [5.41, 5.74) is 5.85. The molecular formula is C12H16N4O. The van der Waals surface area contributed by atoms with E-state index in [1.807, 2.05) is 6.92 Å². The molecule has 0 aliphatic rings. The fourth-order valence-electron chi connectivity index (χ4n) is 1.46. The molecule has 1 unspecified atom stereocenters. The highest BCUT2D eigenvalue weighted by molar-refractivity contribution is 5.92. The smallest absolute Gasteiger partial charge is 0.272 e. The highest BCUT2D eigenvalue weighted by atomic mass is 16.2. The molecule has 1 atom stereocenters. The summed E-state index contributed by atoms with van der Waals surface area (Å²) in [6.45, 7) is 4.60. The summed E-state index contributed by atoms with van der Waals surface area (Å²) >= 11 is 0. The van der Waals surface area contributed by atoms with Crippen molar-refractivity contribution in [3.8, 4) is 6.07 Å². The van der Waals surface area contributed by atoms with Gasteiger partial charge in [0.1, 0.15) is 11.5 Å². The van der Waals surface area contributed by atoms with Crippen LogP contribution in [0.25, 0.3) is 0 Å². The lowest BCUT2D eigenvalue weighted by atomic mass is 10.2. The molecule has 1 aromatic rings. The Bertz CT molecular complexity index is 438. The number of rotatable bonds is 4. The molecule has 90 valence electrons. The van der Waals surface area contributed by atoms with Crippen molar-refractivity contribution in [2.45, 2.75) is 13.8 Å². The van der Waals surface area contributed by atoms with E-state index in [1.165, 1.54) is 0 Å². The van der Waals surface area contributed by atoms with Crippen LogP contribution in [0.3, 0.4) is 0 Å². The first-order valence-corrected chi connectivity index (χ1v) is 5.50. The van der Waals surface area contributed by atoms with E-state index in [4.69, 9.17) is 11.0 Å². The fraction of sp³-hybridized carbons (Fsp3) is 0.417. The molecule has 0 aliphatic carbocycles. The monoisotopic (exact) mass is 232 g/mol. The third kappa shape index (κ3) is 3.45. The van der Waals surface area contributed by atoms with Crippen molar-refractivity contribution < 1.29 is 4.79 Å². The van der Waals surface area contributed by atoms with Gasteiger partial charge < -0.3 is 10.6 Å². The van der Waals surface area contributed by atoms with Gasteiger partial charge in [0.15, 0.2) is 0 Å². The first kappa shape index (κ1) is 13.0. The third-order valence-electron chi connectivity index (χ3n) is 2.37. The highest BCUT2D eigenvalue weighted by Crippen LogP contribution is 2.07. The van der Waals surface area contributed by atoms with E-state index < -0.39 is 0 Å². The molecular weight excluding hydrogens is 216 g/mol. The van der Waals surface area contributed by atoms with Gasteiger partial charge in [-0.15, -0.1) is 0 Å². The van der Waals surface area contributed by atoms with Gasteiger partial charge >= 0.3 is 0 Å². The number of carbonyl (C=O) groups is 1. The van der Waals surface area contributed by atoms with Crippen LogP contribution in [0.1, 0.15) is 24.3 Å². The number of anilines is 1. The standard InChI is InChI=1S/C12H16N4O/c1-3-16(8-9(2)7-13)12(17)10-5-4-6-11(14)15-10/h4-6,9H,3,8H2,1-2H3,(H2,14,15). The lowest BCUT2D eigenvalue weighted by Gasteiger charge is -2.21. The Morgan fingerprint density at radius 1 is 1.65 bits per heavy atom. The van der Waals surface area contributed by atoms with Crippen LogP contribution in [0.5, 0.6) is 0 Å². The van der Waals surface area contributed by atoms with Crippen molar-refractivity contribution in [1.82, 2.24) is 9.88 Å². The molecule has 0 saturated heterocycles. The maximum Gasteiger partial charge on any atom is 0.272 e. The van der Waals surface area contributed by atoms with Crippen LogP contribution in [0.15, 0.2) is 18.2 Å². The zero-order chi connectivity index (χ0) is 12.8. The summed E-state index contributed by atoms with van der Waals surface area (Å²) in [7, 11) is 0. The number of nitrogens with zero attached hydrogens (tertiary/aromatic N) is 3. The van der Waals surface area contributed by atoms with Crippen molar-refractivity contribution in [3.05, 3.63) is 23.9 Å². The largest absolute Gasteiger partial charge is 0.384 e. The zero-order valence-electron chi connectivity index (χ0n) is 10.1. The number of nitrogens with two attached hydrogens (primary N) is 1. The van der Waals surface area contributed by atoms with Crippen LogP contribution in [-0.4, -0.2) is 28.9 Å². The molecule has 0 aliphatic heterocycles. The number of aromatic nitrogens is 1. The summed E-state index contributed by atoms with van der Waals surface area (Å²) in [6, 6.07) is 7.05. The van der Waals surface area contributed by atoms with Gasteiger partial charge in [0, 0.05) is 13.1 Å². The van der Waals surface area contributed by atoms with Crippen LogP contribution in [0.2, 0.25) is 0 Å². The van der Waals surface area contributed by atoms with Crippen molar-refractivity contribution in [2.24, 2.45) is 5.92 Å². The van der Waals surface area contributed by atoms with Gasteiger partial charge in [0.05, 0.1) is 12.0 Å². The maximum absolute atomic E-state index is 12.1. The summed E-state index contributed by atoms with van der Waals surface area (Å²) in [5.74, 6) is -0.0675. The molecule has 2 N–H and O–H groups in total. The predicted octanol–water partition coefficient (Wildman–Crippen LogP) is 1.29. The van der Waals surface area contributed by atoms with E-state index in [0.29, 0.717) is 24.6 Å². The molecule has 1 heterocycles. The van der Waals surface area contributed by atoms with Gasteiger partial charge in [0.25, 0.3) is 5.91 Å². The number of nitriles is 1. The number of hydrogen-bond donors (Lipinski definition) is 1. The van der Waals surface area contributed by atoms with Gasteiger partial charge in [-0.1, -0.05) is 6.07 Å². The summed E-state index contributed by atoms with van der Waals surface area (Å²) in [5, 5.41) is 8.75. The van der Waals surface area contributed by atoms with Crippen LogP contribution in [-0.2, 0) is 0 Å². The molecule has 1 amide bonds.